The van der Waals surface area contributed by atoms with Crippen molar-refractivity contribution in [1.82, 2.24) is 0 Å². The molecule has 0 atom stereocenters. The van der Waals surface area contributed by atoms with Crippen LogP contribution in [0.25, 0.3) is 0 Å². The van der Waals surface area contributed by atoms with E-state index in [9.17, 15) is 0 Å². The Morgan fingerprint density at radius 3 is 2.70 bits per heavy atom. The standard InChI is InChI=1S/C8H13OSi/c1-2-3-4-5-6-7-8-9-10/h2-6H2,1H3. The van der Waals surface area contributed by atoms with Crippen molar-refractivity contribution in [3.63, 3.8) is 0 Å². The fourth-order valence-corrected chi connectivity index (χ4v) is 0.799. The lowest BCUT2D eigenvalue weighted by Gasteiger charge is -1.91. The first-order chi connectivity index (χ1) is 4.91. The van der Waals surface area contributed by atoms with Gasteiger partial charge in [0, 0.05) is 6.42 Å². The van der Waals surface area contributed by atoms with Gasteiger partial charge in [-0.25, -0.2) is 0 Å². The van der Waals surface area contributed by atoms with Crippen LogP contribution in [0.1, 0.15) is 39.0 Å². The molecule has 55 valence electrons. The first-order valence-corrected chi connectivity index (χ1v) is 4.13. The van der Waals surface area contributed by atoms with E-state index in [1.54, 1.807) is 0 Å². The summed E-state index contributed by atoms with van der Waals surface area (Å²) in [6.45, 7) is 2.20. The Morgan fingerprint density at radius 2 is 2.10 bits per heavy atom. The minimum Gasteiger partial charge on any atom is -0.500 e. The van der Waals surface area contributed by atoms with Crippen LogP contribution < -0.4 is 0 Å². The molecule has 0 spiro atoms. The minimum absolute atomic E-state index is 0.949. The average molecular weight is 153 g/mol. The van der Waals surface area contributed by atoms with Gasteiger partial charge in [-0.1, -0.05) is 32.1 Å². The lowest BCUT2D eigenvalue weighted by molar-refractivity contribution is 0.576. The van der Waals surface area contributed by atoms with Gasteiger partial charge in [0.05, 0.1) is 6.11 Å². The zero-order valence-corrected chi connectivity index (χ0v) is 7.44. The van der Waals surface area contributed by atoms with Crippen molar-refractivity contribution in [2.45, 2.75) is 39.0 Å². The van der Waals surface area contributed by atoms with Crippen molar-refractivity contribution < 1.29 is 4.43 Å². The Balaban J connectivity index is 2.90. The molecule has 0 heterocycles. The van der Waals surface area contributed by atoms with Gasteiger partial charge in [0.1, 0.15) is 0 Å². The molecule has 3 radical (unpaired) electrons. The molecular weight excluding hydrogens is 140 g/mol. The summed E-state index contributed by atoms with van der Waals surface area (Å²) in [5.74, 6) is 2.87. The summed E-state index contributed by atoms with van der Waals surface area (Å²) in [6, 6.07) is 0. The van der Waals surface area contributed by atoms with Gasteiger partial charge in [-0.15, -0.1) is 0 Å². The van der Waals surface area contributed by atoms with Gasteiger partial charge in [0.15, 0.2) is 0 Å². The van der Waals surface area contributed by atoms with E-state index in [0.29, 0.717) is 0 Å². The highest BCUT2D eigenvalue weighted by Crippen LogP contribution is 2.00. The molecule has 0 aromatic heterocycles. The third-order valence-corrected chi connectivity index (χ3v) is 1.38. The molecule has 0 fully saturated rings. The molecule has 0 unspecified atom stereocenters. The van der Waals surface area contributed by atoms with E-state index in [0.717, 1.165) is 6.42 Å². The van der Waals surface area contributed by atoms with Crippen molar-refractivity contribution in [1.29, 1.82) is 0 Å². The van der Waals surface area contributed by atoms with Crippen molar-refractivity contribution in [2.24, 2.45) is 0 Å². The largest absolute Gasteiger partial charge is 0.500 e. The maximum atomic E-state index is 4.39. The summed E-state index contributed by atoms with van der Waals surface area (Å²) < 4.78 is 4.39. The van der Waals surface area contributed by atoms with E-state index < -0.39 is 0 Å². The zero-order valence-electron chi connectivity index (χ0n) is 6.44. The molecule has 0 aromatic rings. The van der Waals surface area contributed by atoms with E-state index in [-0.39, 0.29) is 0 Å². The van der Waals surface area contributed by atoms with Crippen LogP contribution in [0.5, 0.6) is 0 Å². The van der Waals surface area contributed by atoms with Crippen molar-refractivity contribution in [3.05, 3.63) is 0 Å². The van der Waals surface area contributed by atoms with Crippen molar-refractivity contribution in [2.75, 3.05) is 0 Å². The van der Waals surface area contributed by atoms with Crippen LogP contribution in [-0.4, -0.2) is 10.5 Å². The molecular formula is C8H13OSi. The minimum atomic E-state index is 0.949. The Labute approximate surface area is 66.7 Å². The van der Waals surface area contributed by atoms with Gasteiger partial charge in [-0.3, -0.25) is 0 Å². The van der Waals surface area contributed by atoms with Crippen LogP contribution in [0.2, 0.25) is 0 Å². The molecule has 0 saturated carbocycles. The van der Waals surface area contributed by atoms with Gasteiger partial charge in [0.25, 0.3) is 0 Å². The maximum Gasteiger partial charge on any atom is 0.359 e. The highest BCUT2D eigenvalue weighted by Gasteiger charge is 1.82. The van der Waals surface area contributed by atoms with Crippen molar-refractivity contribution >= 4 is 10.5 Å². The molecule has 0 aromatic carbocycles. The predicted molar refractivity (Wildman–Crippen MR) is 43.4 cm³/mol. The molecule has 10 heavy (non-hydrogen) atoms. The van der Waals surface area contributed by atoms with Crippen LogP contribution in [0, 0.1) is 12.0 Å². The number of hydrogen-bond acceptors (Lipinski definition) is 1. The highest BCUT2D eigenvalue weighted by atomic mass is 28.2. The number of rotatable bonds is 4. The quantitative estimate of drug-likeness (QED) is 0.341. The van der Waals surface area contributed by atoms with Crippen LogP contribution >= 0.6 is 0 Å². The van der Waals surface area contributed by atoms with Gasteiger partial charge in [0.2, 0.25) is 0 Å². The van der Waals surface area contributed by atoms with Crippen molar-refractivity contribution in [3.8, 4) is 12.0 Å². The molecule has 0 amide bonds. The summed E-state index contributed by atoms with van der Waals surface area (Å²) in [5, 5.41) is 0. The van der Waals surface area contributed by atoms with Crippen LogP contribution in [0.3, 0.4) is 0 Å². The zero-order chi connectivity index (χ0) is 7.66. The van der Waals surface area contributed by atoms with E-state index in [2.05, 4.69) is 33.9 Å². The van der Waals surface area contributed by atoms with Gasteiger partial charge in [-0.2, -0.15) is 0 Å². The molecule has 0 rings (SSSR count). The summed E-state index contributed by atoms with van der Waals surface area (Å²) in [7, 11) is 2.80. The van der Waals surface area contributed by atoms with Gasteiger partial charge >= 0.3 is 10.5 Å². The molecule has 2 heteroatoms. The van der Waals surface area contributed by atoms with E-state index in [4.69, 9.17) is 0 Å². The van der Waals surface area contributed by atoms with Crippen LogP contribution in [0.15, 0.2) is 0 Å². The van der Waals surface area contributed by atoms with E-state index in [1.807, 2.05) is 0 Å². The first-order valence-electron chi connectivity index (χ1n) is 3.72. The second-order valence-electron chi connectivity index (χ2n) is 2.19. The summed E-state index contributed by atoms with van der Waals surface area (Å²) in [6.07, 6.45) is 8.51. The monoisotopic (exact) mass is 153 g/mol. The molecule has 0 N–H and O–H groups in total. The second-order valence-corrected chi connectivity index (χ2v) is 2.40. The van der Waals surface area contributed by atoms with Gasteiger partial charge in [-0.05, 0) is 6.42 Å². The maximum absolute atomic E-state index is 4.39. The molecule has 0 aliphatic carbocycles. The average Bonchev–Trinajstić information content (AvgIpc) is 1.97. The molecule has 0 aliphatic heterocycles. The first kappa shape index (κ1) is 9.58. The van der Waals surface area contributed by atoms with Crippen LogP contribution in [-0.2, 0) is 4.43 Å². The normalized spacial score (nSPS) is 8.20. The molecule has 0 aliphatic rings. The van der Waals surface area contributed by atoms with E-state index >= 15 is 0 Å². The summed E-state index contributed by atoms with van der Waals surface area (Å²) in [4.78, 5) is 0. The Morgan fingerprint density at radius 1 is 1.30 bits per heavy atom. The Bertz CT molecular complexity index is 112. The smallest absolute Gasteiger partial charge is 0.359 e. The number of hydrogen-bond donors (Lipinski definition) is 0. The van der Waals surface area contributed by atoms with Crippen LogP contribution in [0.4, 0.5) is 0 Å². The topological polar surface area (TPSA) is 9.23 Å². The predicted octanol–water partition coefficient (Wildman–Crippen LogP) is 2.02. The van der Waals surface area contributed by atoms with E-state index in [1.165, 1.54) is 25.7 Å². The molecule has 0 saturated heterocycles. The van der Waals surface area contributed by atoms with Gasteiger partial charge < -0.3 is 4.43 Å². The Kier molecular flexibility index (Phi) is 8.21. The third kappa shape index (κ3) is 7.58. The second kappa shape index (κ2) is 8.58. The lowest BCUT2D eigenvalue weighted by Crippen LogP contribution is -1.74. The fraction of sp³-hybridized carbons (Fsp3) is 0.750. The molecule has 0 bridgehead atoms. The Hall–Kier alpha value is -0.423. The lowest BCUT2D eigenvalue weighted by atomic mass is 10.2. The third-order valence-electron chi connectivity index (χ3n) is 1.28. The molecule has 1 nitrogen and oxygen atoms in total. The SMILES string of the molecule is CCCCCCC#CO[Si]. The highest BCUT2D eigenvalue weighted by molar-refractivity contribution is 5.98. The number of unbranched alkanes of at least 4 members (excludes halogenated alkanes) is 4. The fourth-order valence-electron chi connectivity index (χ4n) is 0.727. The summed E-state index contributed by atoms with van der Waals surface area (Å²) >= 11 is 0. The summed E-state index contributed by atoms with van der Waals surface area (Å²) in [5.41, 5.74) is 0.